The number of fused-ring (bicyclic) bond motifs is 1. The van der Waals surface area contributed by atoms with Crippen molar-refractivity contribution in [1.29, 1.82) is 0 Å². The number of benzene rings is 1. The smallest absolute Gasteiger partial charge is 0.267 e. The van der Waals surface area contributed by atoms with Gasteiger partial charge in [0.25, 0.3) is 5.56 Å². The van der Waals surface area contributed by atoms with E-state index in [2.05, 4.69) is 20.0 Å². The summed E-state index contributed by atoms with van der Waals surface area (Å²) < 4.78 is 8.55. The second-order valence-corrected chi connectivity index (χ2v) is 7.80. The number of carbonyl (C=O) groups excluding carboxylic acids is 1. The van der Waals surface area contributed by atoms with E-state index in [1.165, 1.54) is 12.3 Å². The number of anilines is 1. The molecule has 0 unspecified atom stereocenters. The molecule has 0 fully saturated rings. The Balaban J connectivity index is 1.38. The second-order valence-electron chi connectivity index (χ2n) is 6.74. The lowest BCUT2D eigenvalue weighted by Crippen LogP contribution is -2.29. The Bertz CT molecular complexity index is 1250. The molecule has 0 saturated carbocycles. The minimum absolute atomic E-state index is 0.211. The number of carbonyl (C=O) groups is 1. The summed E-state index contributed by atoms with van der Waals surface area (Å²) in [6, 6.07) is 13.9. The molecular formula is C21H17N5O3S. The summed E-state index contributed by atoms with van der Waals surface area (Å²) >= 11 is 1.72. The van der Waals surface area contributed by atoms with Crippen molar-refractivity contribution < 1.29 is 9.21 Å². The maximum Gasteiger partial charge on any atom is 0.267 e. The molecule has 1 amide bonds. The predicted octanol–water partition coefficient (Wildman–Crippen LogP) is 3.11. The molecule has 1 aliphatic heterocycles. The van der Waals surface area contributed by atoms with E-state index >= 15 is 0 Å². The first-order chi connectivity index (χ1) is 14.7. The van der Waals surface area contributed by atoms with Gasteiger partial charge in [0, 0.05) is 30.1 Å². The van der Waals surface area contributed by atoms with Crippen molar-refractivity contribution in [3.05, 3.63) is 71.3 Å². The number of hydrogen-bond acceptors (Lipinski definition) is 6. The van der Waals surface area contributed by atoms with Gasteiger partial charge in [-0.15, -0.1) is 0 Å². The molecule has 1 aromatic carbocycles. The fourth-order valence-corrected chi connectivity index (χ4v) is 4.24. The van der Waals surface area contributed by atoms with Gasteiger partial charge in [0.2, 0.25) is 5.91 Å². The Morgan fingerprint density at radius 1 is 1.13 bits per heavy atom. The van der Waals surface area contributed by atoms with Crippen LogP contribution in [-0.4, -0.2) is 31.0 Å². The van der Waals surface area contributed by atoms with E-state index in [1.807, 2.05) is 30.5 Å². The molecule has 5 rings (SSSR count). The third-order valence-electron chi connectivity index (χ3n) is 4.71. The van der Waals surface area contributed by atoms with Crippen molar-refractivity contribution in [3.63, 3.8) is 0 Å². The number of rotatable bonds is 5. The maximum absolute atomic E-state index is 12.7. The lowest BCUT2D eigenvalue weighted by molar-refractivity contribution is -0.117. The van der Waals surface area contributed by atoms with Gasteiger partial charge in [-0.1, -0.05) is 30.0 Å². The van der Waals surface area contributed by atoms with Crippen LogP contribution in [0.1, 0.15) is 0 Å². The average molecular weight is 419 g/mol. The quantitative estimate of drug-likeness (QED) is 0.534. The molecule has 4 aromatic rings. The Labute approximate surface area is 175 Å². The fourth-order valence-electron chi connectivity index (χ4n) is 3.30. The van der Waals surface area contributed by atoms with Gasteiger partial charge in [-0.05, 0) is 24.3 Å². The molecular weight excluding hydrogens is 402 g/mol. The SMILES string of the molecule is O=C(Cn1nc(-c2ccco2)ccc1=O)Nc1ccccc1-c1cn2c(n1)SCC2. The van der Waals surface area contributed by atoms with Crippen molar-refractivity contribution in [2.75, 3.05) is 11.1 Å². The van der Waals surface area contributed by atoms with Crippen molar-refractivity contribution in [3.8, 4) is 22.7 Å². The molecule has 9 heteroatoms. The van der Waals surface area contributed by atoms with Crippen molar-refractivity contribution in [2.45, 2.75) is 18.2 Å². The van der Waals surface area contributed by atoms with Gasteiger partial charge in [0.05, 0.1) is 17.6 Å². The zero-order valence-corrected chi connectivity index (χ0v) is 16.6. The molecule has 0 bridgehead atoms. The van der Waals surface area contributed by atoms with Gasteiger partial charge in [0.1, 0.15) is 12.2 Å². The van der Waals surface area contributed by atoms with Crippen molar-refractivity contribution >= 4 is 23.4 Å². The van der Waals surface area contributed by atoms with Crippen molar-refractivity contribution in [1.82, 2.24) is 19.3 Å². The predicted molar refractivity (Wildman–Crippen MR) is 113 cm³/mol. The third kappa shape index (κ3) is 3.55. The minimum Gasteiger partial charge on any atom is -0.463 e. The van der Waals surface area contributed by atoms with E-state index in [0.29, 0.717) is 17.1 Å². The highest BCUT2D eigenvalue weighted by atomic mass is 32.2. The van der Waals surface area contributed by atoms with E-state index in [0.717, 1.165) is 33.4 Å². The number of nitrogens with one attached hydrogen (secondary N) is 1. The van der Waals surface area contributed by atoms with Gasteiger partial charge < -0.3 is 14.3 Å². The monoisotopic (exact) mass is 419 g/mol. The number of furan rings is 1. The van der Waals surface area contributed by atoms with E-state index < -0.39 is 0 Å². The van der Waals surface area contributed by atoms with E-state index in [1.54, 1.807) is 30.0 Å². The van der Waals surface area contributed by atoms with Crippen LogP contribution in [0.25, 0.3) is 22.7 Å². The summed E-state index contributed by atoms with van der Waals surface area (Å²) in [7, 11) is 0. The van der Waals surface area contributed by atoms with Crippen LogP contribution in [0.5, 0.6) is 0 Å². The molecule has 1 aliphatic rings. The summed E-state index contributed by atoms with van der Waals surface area (Å²) in [6.45, 7) is 0.722. The van der Waals surface area contributed by atoms with E-state index in [4.69, 9.17) is 4.42 Å². The number of nitrogens with zero attached hydrogens (tertiary/aromatic N) is 4. The Kier molecular flexibility index (Phi) is 4.72. The van der Waals surface area contributed by atoms with Crippen LogP contribution in [0.3, 0.4) is 0 Å². The van der Waals surface area contributed by atoms with Crippen LogP contribution in [0, 0.1) is 0 Å². The summed E-state index contributed by atoms with van der Waals surface area (Å²) in [6.07, 6.45) is 3.53. The van der Waals surface area contributed by atoms with Crippen LogP contribution < -0.4 is 10.9 Å². The molecule has 0 atom stereocenters. The van der Waals surface area contributed by atoms with Crippen LogP contribution in [0.2, 0.25) is 0 Å². The lowest BCUT2D eigenvalue weighted by Gasteiger charge is -2.10. The number of aromatic nitrogens is 4. The molecule has 0 radical (unpaired) electrons. The Hall–Kier alpha value is -3.59. The Morgan fingerprint density at radius 2 is 2.03 bits per heavy atom. The summed E-state index contributed by atoms with van der Waals surface area (Å²) in [5, 5.41) is 8.11. The zero-order chi connectivity index (χ0) is 20.5. The second kappa shape index (κ2) is 7.68. The van der Waals surface area contributed by atoms with E-state index in [-0.39, 0.29) is 18.0 Å². The van der Waals surface area contributed by atoms with Gasteiger partial charge >= 0.3 is 0 Å². The van der Waals surface area contributed by atoms with Gasteiger partial charge in [-0.2, -0.15) is 5.10 Å². The maximum atomic E-state index is 12.7. The topological polar surface area (TPSA) is 95.0 Å². The minimum atomic E-state index is -0.365. The molecule has 0 spiro atoms. The number of hydrogen-bond donors (Lipinski definition) is 1. The van der Waals surface area contributed by atoms with Gasteiger partial charge in [0.15, 0.2) is 10.9 Å². The number of thioether (sulfide) groups is 1. The number of amides is 1. The number of imidazole rings is 1. The van der Waals surface area contributed by atoms with Crippen LogP contribution >= 0.6 is 11.8 Å². The van der Waals surface area contributed by atoms with Gasteiger partial charge in [-0.25, -0.2) is 9.67 Å². The standard InChI is InChI=1S/C21H17N5O3S/c27-19(13-26-20(28)8-7-16(24-26)18-6-3-10-29-18)22-15-5-2-1-4-14(15)17-12-25-9-11-30-21(25)23-17/h1-8,10,12H,9,11,13H2,(H,22,27). The molecule has 1 N–H and O–H groups in total. The largest absolute Gasteiger partial charge is 0.463 e. The highest BCUT2D eigenvalue weighted by Crippen LogP contribution is 2.32. The van der Waals surface area contributed by atoms with Crippen LogP contribution in [0.15, 0.2) is 75.4 Å². The first-order valence-electron chi connectivity index (χ1n) is 9.39. The zero-order valence-electron chi connectivity index (χ0n) is 15.8. The number of aryl methyl sites for hydroxylation is 1. The molecule has 150 valence electrons. The molecule has 0 saturated heterocycles. The average Bonchev–Trinajstić information content (AvgIpc) is 3.48. The first-order valence-corrected chi connectivity index (χ1v) is 10.4. The third-order valence-corrected chi connectivity index (χ3v) is 5.68. The normalized spacial score (nSPS) is 12.7. The molecule has 30 heavy (non-hydrogen) atoms. The first kappa shape index (κ1) is 18.4. The van der Waals surface area contributed by atoms with Crippen molar-refractivity contribution in [2.24, 2.45) is 0 Å². The molecule has 3 aromatic heterocycles. The van der Waals surface area contributed by atoms with E-state index in [9.17, 15) is 9.59 Å². The summed E-state index contributed by atoms with van der Waals surface area (Å²) in [5.41, 5.74) is 2.40. The van der Waals surface area contributed by atoms with Gasteiger partial charge in [-0.3, -0.25) is 9.59 Å². The molecule has 4 heterocycles. The highest BCUT2D eigenvalue weighted by Gasteiger charge is 2.18. The number of para-hydroxylation sites is 1. The Morgan fingerprint density at radius 3 is 2.87 bits per heavy atom. The summed E-state index contributed by atoms with van der Waals surface area (Å²) in [5.74, 6) is 1.20. The molecule has 0 aliphatic carbocycles. The fraction of sp³-hybridized carbons (Fsp3) is 0.143. The highest BCUT2D eigenvalue weighted by molar-refractivity contribution is 7.99. The lowest BCUT2D eigenvalue weighted by atomic mass is 10.1. The van der Waals surface area contributed by atoms with Crippen LogP contribution in [0.4, 0.5) is 5.69 Å². The molecule has 8 nitrogen and oxygen atoms in total. The van der Waals surface area contributed by atoms with Crippen LogP contribution in [-0.2, 0) is 17.9 Å². The summed E-state index contributed by atoms with van der Waals surface area (Å²) in [4.78, 5) is 29.5.